The zero-order valence-corrected chi connectivity index (χ0v) is 11.9. The largest absolute Gasteiger partial charge is 0.395 e. The molecule has 1 aromatic rings. The van der Waals surface area contributed by atoms with Crippen molar-refractivity contribution in [2.45, 2.75) is 26.2 Å². The molecule has 1 amide bonds. The van der Waals surface area contributed by atoms with Gasteiger partial charge in [-0.3, -0.25) is 4.79 Å². The molecule has 3 heteroatoms. The number of carbonyl (C=O) groups is 1. The van der Waals surface area contributed by atoms with Crippen LogP contribution in [0.25, 0.3) is 0 Å². The zero-order chi connectivity index (χ0) is 14.4. The van der Waals surface area contributed by atoms with E-state index in [1.54, 1.807) is 0 Å². The van der Waals surface area contributed by atoms with Crippen LogP contribution in [0.4, 0.5) is 0 Å². The summed E-state index contributed by atoms with van der Waals surface area (Å²) < 4.78 is 0. The predicted octanol–water partition coefficient (Wildman–Crippen LogP) is 2.29. The lowest BCUT2D eigenvalue weighted by Crippen LogP contribution is -2.39. The summed E-state index contributed by atoms with van der Waals surface area (Å²) >= 11 is 0. The monoisotopic (exact) mass is 271 g/mol. The summed E-state index contributed by atoms with van der Waals surface area (Å²) in [6.07, 6.45) is 2.78. The van der Waals surface area contributed by atoms with Crippen molar-refractivity contribution in [3.05, 3.63) is 35.4 Å². The van der Waals surface area contributed by atoms with Crippen molar-refractivity contribution in [3.8, 4) is 11.8 Å². The molecule has 20 heavy (non-hydrogen) atoms. The highest BCUT2D eigenvalue weighted by molar-refractivity contribution is 5.94. The Morgan fingerprint density at radius 2 is 2.15 bits per heavy atom. The van der Waals surface area contributed by atoms with Gasteiger partial charge in [0.05, 0.1) is 6.61 Å². The van der Waals surface area contributed by atoms with Crippen LogP contribution in [0.2, 0.25) is 0 Å². The minimum absolute atomic E-state index is 0.0801. The second-order valence-electron chi connectivity index (χ2n) is 5.35. The molecular weight excluding hydrogens is 250 g/mol. The topological polar surface area (TPSA) is 40.5 Å². The summed E-state index contributed by atoms with van der Waals surface area (Å²) in [6, 6.07) is 7.41. The number of amides is 1. The van der Waals surface area contributed by atoms with Crippen molar-refractivity contribution >= 4 is 5.91 Å². The average Bonchev–Trinajstić information content (AvgIpc) is 2.47. The second kappa shape index (κ2) is 7.12. The molecule has 3 nitrogen and oxygen atoms in total. The lowest BCUT2D eigenvalue weighted by atomic mass is 9.99. The van der Waals surface area contributed by atoms with Gasteiger partial charge in [-0.25, -0.2) is 0 Å². The molecule has 0 aromatic heterocycles. The van der Waals surface area contributed by atoms with Gasteiger partial charge >= 0.3 is 0 Å². The molecule has 0 saturated carbocycles. The number of aliphatic hydroxyl groups is 1. The fourth-order valence-corrected chi connectivity index (χ4v) is 2.47. The highest BCUT2D eigenvalue weighted by atomic mass is 16.2. The van der Waals surface area contributed by atoms with Crippen molar-refractivity contribution in [2.24, 2.45) is 5.92 Å². The van der Waals surface area contributed by atoms with Crippen LogP contribution in [0.5, 0.6) is 0 Å². The van der Waals surface area contributed by atoms with E-state index in [2.05, 4.69) is 18.8 Å². The van der Waals surface area contributed by atoms with Crippen LogP contribution in [-0.2, 0) is 0 Å². The maximum Gasteiger partial charge on any atom is 0.253 e. The Morgan fingerprint density at radius 1 is 1.40 bits per heavy atom. The maximum absolute atomic E-state index is 12.4. The third-order valence-electron chi connectivity index (χ3n) is 3.55. The molecule has 1 saturated heterocycles. The molecule has 1 aromatic carbocycles. The number of rotatable bonds is 2. The molecule has 1 unspecified atom stereocenters. The van der Waals surface area contributed by atoms with Gasteiger partial charge in [-0.15, -0.1) is 0 Å². The van der Waals surface area contributed by atoms with Gasteiger partial charge in [0.1, 0.15) is 0 Å². The van der Waals surface area contributed by atoms with Crippen LogP contribution in [0.3, 0.4) is 0 Å². The van der Waals surface area contributed by atoms with Gasteiger partial charge in [-0.05, 0) is 43.0 Å². The number of piperidine rings is 1. The number of benzene rings is 1. The van der Waals surface area contributed by atoms with Crippen molar-refractivity contribution in [1.29, 1.82) is 0 Å². The van der Waals surface area contributed by atoms with Gasteiger partial charge in [0, 0.05) is 30.6 Å². The minimum atomic E-state index is 0.0801. The molecule has 0 spiro atoms. The molecule has 1 aliphatic heterocycles. The van der Waals surface area contributed by atoms with E-state index in [1.165, 1.54) is 6.42 Å². The van der Waals surface area contributed by atoms with Crippen LogP contribution in [0, 0.1) is 17.8 Å². The quantitative estimate of drug-likeness (QED) is 0.838. The number of likely N-dealkylation sites (tertiary alicyclic amines) is 1. The molecule has 1 N–H and O–H groups in total. The average molecular weight is 271 g/mol. The van der Waals surface area contributed by atoms with E-state index >= 15 is 0 Å². The summed E-state index contributed by atoms with van der Waals surface area (Å²) in [7, 11) is 0. The normalized spacial score (nSPS) is 18.3. The first kappa shape index (κ1) is 14.6. The summed E-state index contributed by atoms with van der Waals surface area (Å²) in [5.74, 6) is 6.55. The van der Waals surface area contributed by atoms with E-state index in [0.29, 0.717) is 12.3 Å². The summed E-state index contributed by atoms with van der Waals surface area (Å²) in [5.41, 5.74) is 1.61. The Hall–Kier alpha value is -1.79. The van der Waals surface area contributed by atoms with E-state index in [4.69, 9.17) is 5.11 Å². The Kier molecular flexibility index (Phi) is 5.20. The fraction of sp³-hybridized carbons (Fsp3) is 0.471. The van der Waals surface area contributed by atoms with Crippen molar-refractivity contribution in [2.75, 3.05) is 19.7 Å². The number of carbonyl (C=O) groups excluding carboxylic acids is 1. The summed E-state index contributed by atoms with van der Waals surface area (Å²) in [5, 5.41) is 8.67. The van der Waals surface area contributed by atoms with E-state index in [1.807, 2.05) is 29.2 Å². The predicted molar refractivity (Wildman–Crippen MR) is 79.3 cm³/mol. The Bertz CT molecular complexity index is 510. The first-order valence-electron chi connectivity index (χ1n) is 7.20. The number of hydrogen-bond acceptors (Lipinski definition) is 2. The SMILES string of the molecule is CC1CCCN(C(=O)c2ccc(C#CCCO)cc2)C1. The Morgan fingerprint density at radius 3 is 2.80 bits per heavy atom. The zero-order valence-electron chi connectivity index (χ0n) is 11.9. The van der Waals surface area contributed by atoms with Crippen LogP contribution >= 0.6 is 0 Å². The third kappa shape index (κ3) is 3.85. The Labute approximate surface area is 120 Å². The van der Waals surface area contributed by atoms with E-state index in [0.717, 1.165) is 30.6 Å². The summed E-state index contributed by atoms with van der Waals surface area (Å²) in [6.45, 7) is 3.99. The van der Waals surface area contributed by atoms with Gasteiger partial charge in [0.25, 0.3) is 5.91 Å². The van der Waals surface area contributed by atoms with E-state index in [9.17, 15) is 4.79 Å². The molecule has 0 bridgehead atoms. The Balaban J connectivity index is 2.02. The van der Waals surface area contributed by atoms with Gasteiger partial charge in [-0.1, -0.05) is 18.8 Å². The van der Waals surface area contributed by atoms with Crippen LogP contribution in [0.15, 0.2) is 24.3 Å². The van der Waals surface area contributed by atoms with Gasteiger partial charge in [0.2, 0.25) is 0 Å². The van der Waals surface area contributed by atoms with Crippen LogP contribution in [0.1, 0.15) is 42.1 Å². The third-order valence-corrected chi connectivity index (χ3v) is 3.55. The van der Waals surface area contributed by atoms with E-state index < -0.39 is 0 Å². The maximum atomic E-state index is 12.4. The molecule has 106 valence electrons. The molecule has 1 aliphatic rings. The first-order chi connectivity index (χ1) is 9.70. The molecule has 0 aliphatic carbocycles. The van der Waals surface area contributed by atoms with Gasteiger partial charge in [0.15, 0.2) is 0 Å². The second-order valence-corrected chi connectivity index (χ2v) is 5.35. The molecular formula is C17H21NO2. The lowest BCUT2D eigenvalue weighted by Gasteiger charge is -2.31. The van der Waals surface area contributed by atoms with Gasteiger partial charge < -0.3 is 10.0 Å². The van der Waals surface area contributed by atoms with Crippen molar-refractivity contribution in [3.63, 3.8) is 0 Å². The van der Waals surface area contributed by atoms with Crippen LogP contribution < -0.4 is 0 Å². The fourth-order valence-electron chi connectivity index (χ4n) is 2.47. The molecule has 2 rings (SSSR count). The van der Waals surface area contributed by atoms with Gasteiger partial charge in [-0.2, -0.15) is 0 Å². The lowest BCUT2D eigenvalue weighted by molar-refractivity contribution is 0.0683. The van der Waals surface area contributed by atoms with Crippen molar-refractivity contribution in [1.82, 2.24) is 4.90 Å². The highest BCUT2D eigenvalue weighted by Gasteiger charge is 2.21. The number of aliphatic hydroxyl groups excluding tert-OH is 1. The number of hydrogen-bond donors (Lipinski definition) is 1. The minimum Gasteiger partial charge on any atom is -0.395 e. The van der Waals surface area contributed by atoms with E-state index in [-0.39, 0.29) is 12.5 Å². The first-order valence-corrected chi connectivity index (χ1v) is 7.20. The molecule has 1 atom stereocenters. The van der Waals surface area contributed by atoms with Crippen molar-refractivity contribution < 1.29 is 9.90 Å². The molecule has 1 heterocycles. The smallest absolute Gasteiger partial charge is 0.253 e. The standard InChI is InChI=1S/C17H21NO2/c1-14-5-4-11-18(13-14)17(20)16-9-7-15(8-10-16)6-2-3-12-19/h7-10,14,19H,3-5,11-13H2,1H3. The highest BCUT2D eigenvalue weighted by Crippen LogP contribution is 2.18. The molecule has 1 fully saturated rings. The summed E-state index contributed by atoms with van der Waals surface area (Å²) in [4.78, 5) is 14.3. The van der Waals surface area contributed by atoms with Crippen LogP contribution in [-0.4, -0.2) is 35.6 Å². The molecule has 0 radical (unpaired) electrons. The number of nitrogens with zero attached hydrogens (tertiary/aromatic N) is 1.